The van der Waals surface area contributed by atoms with Crippen molar-refractivity contribution in [3.05, 3.63) is 41.5 Å². The molecule has 0 fully saturated rings. The topological polar surface area (TPSA) is 49.3 Å². The first-order valence-electron chi connectivity index (χ1n) is 6.39. The third kappa shape index (κ3) is 2.68. The van der Waals surface area contributed by atoms with Crippen LogP contribution in [0.4, 0.5) is 0 Å². The fourth-order valence-corrected chi connectivity index (χ4v) is 2.69. The number of carboxylic acids is 1. The van der Waals surface area contributed by atoms with Crippen molar-refractivity contribution in [3.8, 4) is 0 Å². The van der Waals surface area contributed by atoms with Crippen LogP contribution >= 0.6 is 12.2 Å². The van der Waals surface area contributed by atoms with Crippen LogP contribution in [-0.2, 0) is 4.79 Å². The molecule has 2 rings (SSSR count). The van der Waals surface area contributed by atoms with E-state index in [0.29, 0.717) is 10.9 Å². The molecule has 19 heavy (non-hydrogen) atoms. The lowest BCUT2D eigenvalue weighted by Gasteiger charge is -2.33. The quantitative estimate of drug-likeness (QED) is 0.658. The Kier molecular flexibility index (Phi) is 4.00. The fraction of sp³-hybridized carbons (Fsp3) is 0.333. The summed E-state index contributed by atoms with van der Waals surface area (Å²) in [6.45, 7) is 4.19. The highest BCUT2D eigenvalue weighted by Crippen LogP contribution is 2.31. The molecule has 1 aromatic carbocycles. The van der Waals surface area contributed by atoms with Crippen LogP contribution in [0.15, 0.2) is 30.3 Å². The van der Waals surface area contributed by atoms with Gasteiger partial charge in [-0.05, 0) is 17.1 Å². The van der Waals surface area contributed by atoms with Gasteiger partial charge in [0.25, 0.3) is 0 Å². The lowest BCUT2D eigenvalue weighted by Crippen LogP contribution is -2.43. The standard InChI is InChI=1S/C15H17NO2S/c1-3-9(2)14-12(8-13(17)18)10-6-4-5-7-11(10)15(19)16-14/h4-9,14H,3H2,1-2H3,(H,16,19)(H,17,18)/t9-,14-/m0/s1. The summed E-state index contributed by atoms with van der Waals surface area (Å²) in [7, 11) is 0. The van der Waals surface area contributed by atoms with Gasteiger partial charge in [-0.2, -0.15) is 0 Å². The smallest absolute Gasteiger partial charge is 0.328 e. The second-order valence-corrected chi connectivity index (χ2v) is 5.23. The minimum Gasteiger partial charge on any atom is -0.478 e. The van der Waals surface area contributed by atoms with Crippen molar-refractivity contribution in [2.75, 3.05) is 0 Å². The third-order valence-electron chi connectivity index (χ3n) is 3.60. The summed E-state index contributed by atoms with van der Waals surface area (Å²) in [5.41, 5.74) is 2.65. The molecule has 1 heterocycles. The molecule has 0 saturated carbocycles. The molecular formula is C15H17NO2S. The minimum absolute atomic E-state index is 0.0384. The summed E-state index contributed by atoms with van der Waals surface area (Å²) in [5, 5.41) is 12.4. The summed E-state index contributed by atoms with van der Waals surface area (Å²) in [5.74, 6) is -0.607. The van der Waals surface area contributed by atoms with E-state index in [0.717, 1.165) is 23.1 Å². The van der Waals surface area contributed by atoms with Gasteiger partial charge in [0.1, 0.15) is 4.99 Å². The van der Waals surface area contributed by atoms with Gasteiger partial charge in [0.2, 0.25) is 0 Å². The van der Waals surface area contributed by atoms with Crippen LogP contribution < -0.4 is 5.32 Å². The van der Waals surface area contributed by atoms with Gasteiger partial charge in [-0.1, -0.05) is 56.8 Å². The predicted molar refractivity (Wildman–Crippen MR) is 80.1 cm³/mol. The zero-order valence-corrected chi connectivity index (χ0v) is 11.8. The lowest BCUT2D eigenvalue weighted by atomic mass is 9.83. The van der Waals surface area contributed by atoms with E-state index in [-0.39, 0.29) is 6.04 Å². The maximum absolute atomic E-state index is 11.1. The van der Waals surface area contributed by atoms with Crippen molar-refractivity contribution < 1.29 is 9.90 Å². The molecule has 4 heteroatoms. The summed E-state index contributed by atoms with van der Waals surface area (Å²) < 4.78 is 0. The highest BCUT2D eigenvalue weighted by Gasteiger charge is 2.29. The van der Waals surface area contributed by atoms with Crippen LogP contribution in [0.5, 0.6) is 0 Å². The number of carboxylic acid groups (broad SMARTS) is 1. The Labute approximate surface area is 118 Å². The van der Waals surface area contributed by atoms with Gasteiger partial charge in [0, 0.05) is 11.6 Å². The molecule has 0 aliphatic carbocycles. The number of carbonyl (C=O) groups is 1. The molecule has 0 radical (unpaired) electrons. The van der Waals surface area contributed by atoms with E-state index in [1.165, 1.54) is 6.08 Å². The monoisotopic (exact) mass is 275 g/mol. The van der Waals surface area contributed by atoms with Gasteiger partial charge in [0.05, 0.1) is 6.04 Å². The minimum atomic E-state index is -0.923. The summed E-state index contributed by atoms with van der Waals surface area (Å²) >= 11 is 5.39. The van der Waals surface area contributed by atoms with Gasteiger partial charge in [-0.3, -0.25) is 0 Å². The number of nitrogens with one attached hydrogen (secondary N) is 1. The molecule has 100 valence electrons. The number of aliphatic carboxylic acids is 1. The first kappa shape index (κ1) is 13.7. The highest BCUT2D eigenvalue weighted by molar-refractivity contribution is 7.80. The highest BCUT2D eigenvalue weighted by atomic mass is 32.1. The molecule has 0 amide bonds. The van der Waals surface area contributed by atoms with Crippen molar-refractivity contribution in [1.82, 2.24) is 5.32 Å². The molecule has 0 saturated heterocycles. The Balaban J connectivity index is 2.57. The van der Waals surface area contributed by atoms with E-state index in [9.17, 15) is 4.79 Å². The molecule has 2 atom stereocenters. The van der Waals surface area contributed by atoms with Crippen LogP contribution in [0, 0.1) is 5.92 Å². The molecule has 0 unspecified atom stereocenters. The SMILES string of the molecule is CC[C@H](C)[C@@H]1NC(=S)c2ccccc2C1=CC(=O)O. The number of hydrogen-bond acceptors (Lipinski definition) is 2. The number of thiocarbonyl (C=S) groups is 1. The predicted octanol–water partition coefficient (Wildman–Crippen LogP) is 2.85. The maximum atomic E-state index is 11.1. The van der Waals surface area contributed by atoms with Gasteiger partial charge in [0.15, 0.2) is 0 Å². The number of benzene rings is 1. The van der Waals surface area contributed by atoms with E-state index in [1.807, 2.05) is 24.3 Å². The summed E-state index contributed by atoms with van der Waals surface area (Å²) in [4.78, 5) is 11.8. The Hall–Kier alpha value is -1.68. The van der Waals surface area contributed by atoms with Gasteiger partial charge < -0.3 is 10.4 Å². The molecule has 1 aliphatic heterocycles. The average molecular weight is 275 g/mol. The molecule has 0 aromatic heterocycles. The van der Waals surface area contributed by atoms with Gasteiger partial charge in [-0.25, -0.2) is 4.79 Å². The molecular weight excluding hydrogens is 258 g/mol. The fourth-order valence-electron chi connectivity index (χ4n) is 2.38. The molecule has 2 N–H and O–H groups in total. The van der Waals surface area contributed by atoms with Crippen molar-refractivity contribution in [2.45, 2.75) is 26.3 Å². The average Bonchev–Trinajstić information content (AvgIpc) is 2.40. The van der Waals surface area contributed by atoms with Crippen molar-refractivity contribution in [3.63, 3.8) is 0 Å². The van der Waals surface area contributed by atoms with Crippen LogP contribution in [0.25, 0.3) is 5.57 Å². The van der Waals surface area contributed by atoms with Gasteiger partial charge >= 0.3 is 5.97 Å². The van der Waals surface area contributed by atoms with Crippen molar-refractivity contribution >= 4 is 28.7 Å². The number of fused-ring (bicyclic) bond motifs is 1. The molecule has 1 aromatic rings. The van der Waals surface area contributed by atoms with E-state index in [2.05, 4.69) is 19.2 Å². The normalized spacial score (nSPS) is 21.7. The summed E-state index contributed by atoms with van der Waals surface area (Å²) in [6.07, 6.45) is 2.25. The van der Waals surface area contributed by atoms with Gasteiger partial charge in [-0.15, -0.1) is 0 Å². The Morgan fingerprint density at radius 3 is 2.68 bits per heavy atom. The van der Waals surface area contributed by atoms with E-state index in [4.69, 9.17) is 17.3 Å². The van der Waals surface area contributed by atoms with Crippen LogP contribution in [0.1, 0.15) is 31.4 Å². The molecule has 0 spiro atoms. The molecule has 3 nitrogen and oxygen atoms in total. The zero-order chi connectivity index (χ0) is 14.0. The van der Waals surface area contributed by atoms with Crippen molar-refractivity contribution in [2.24, 2.45) is 5.92 Å². The van der Waals surface area contributed by atoms with E-state index in [1.54, 1.807) is 0 Å². The first-order chi connectivity index (χ1) is 9.04. The molecule has 1 aliphatic rings. The van der Waals surface area contributed by atoms with Crippen molar-refractivity contribution in [1.29, 1.82) is 0 Å². The Morgan fingerprint density at radius 2 is 2.11 bits per heavy atom. The largest absolute Gasteiger partial charge is 0.478 e. The lowest BCUT2D eigenvalue weighted by molar-refractivity contribution is -0.131. The number of hydrogen-bond donors (Lipinski definition) is 2. The molecule has 0 bridgehead atoms. The Morgan fingerprint density at radius 1 is 1.47 bits per heavy atom. The Bertz CT molecular complexity index is 551. The van der Waals surface area contributed by atoms with E-state index < -0.39 is 5.97 Å². The summed E-state index contributed by atoms with van der Waals surface area (Å²) in [6, 6.07) is 7.65. The first-order valence-corrected chi connectivity index (χ1v) is 6.80. The number of rotatable bonds is 3. The zero-order valence-electron chi connectivity index (χ0n) is 11.0. The second kappa shape index (κ2) is 5.53. The maximum Gasteiger partial charge on any atom is 0.328 e. The van der Waals surface area contributed by atoms with E-state index >= 15 is 0 Å². The van der Waals surface area contributed by atoms with Crippen LogP contribution in [-0.4, -0.2) is 22.1 Å². The van der Waals surface area contributed by atoms with Crippen LogP contribution in [0.3, 0.4) is 0 Å². The second-order valence-electron chi connectivity index (χ2n) is 4.82. The third-order valence-corrected chi connectivity index (χ3v) is 3.93. The van der Waals surface area contributed by atoms with Crippen LogP contribution in [0.2, 0.25) is 0 Å².